The Hall–Kier alpha value is -1.91. The van der Waals surface area contributed by atoms with E-state index in [1.165, 1.54) is 14.2 Å². The van der Waals surface area contributed by atoms with Gasteiger partial charge in [0, 0.05) is 0 Å². The minimum Gasteiger partial charge on any atom is -0.494 e. The highest BCUT2D eigenvalue weighted by atomic mass is 16.5. The van der Waals surface area contributed by atoms with E-state index in [2.05, 4.69) is 0 Å². The van der Waals surface area contributed by atoms with Gasteiger partial charge in [0.2, 0.25) is 0 Å². The summed E-state index contributed by atoms with van der Waals surface area (Å²) >= 11 is 0. The molecule has 104 valence electrons. The number of aliphatic carboxylic acids is 1. The van der Waals surface area contributed by atoms with Crippen molar-refractivity contribution in [3.63, 3.8) is 0 Å². The van der Waals surface area contributed by atoms with Crippen molar-refractivity contribution in [2.24, 2.45) is 0 Å². The van der Waals surface area contributed by atoms with Crippen LogP contribution < -0.4 is 15.2 Å². The summed E-state index contributed by atoms with van der Waals surface area (Å²) < 4.78 is 10.4. The molecule has 1 aliphatic carbocycles. The van der Waals surface area contributed by atoms with Gasteiger partial charge < -0.3 is 20.3 Å². The maximum atomic E-state index is 11.7. The number of rotatable bonds is 4. The van der Waals surface area contributed by atoms with Gasteiger partial charge in [-0.25, -0.2) is 0 Å². The van der Waals surface area contributed by atoms with Crippen molar-refractivity contribution in [3.05, 3.63) is 17.7 Å². The van der Waals surface area contributed by atoms with Crippen LogP contribution >= 0.6 is 0 Å². The number of carboxylic acid groups (broad SMARTS) is 1. The number of ether oxygens (including phenoxy) is 2. The molecule has 1 aromatic rings. The summed E-state index contributed by atoms with van der Waals surface area (Å²) in [5, 5.41) is 9.60. The maximum Gasteiger partial charge on any atom is 0.314 e. The quantitative estimate of drug-likeness (QED) is 0.815. The van der Waals surface area contributed by atoms with E-state index in [0.29, 0.717) is 35.6 Å². The van der Waals surface area contributed by atoms with E-state index >= 15 is 0 Å². The fourth-order valence-corrected chi connectivity index (χ4v) is 2.82. The zero-order chi connectivity index (χ0) is 14.0. The van der Waals surface area contributed by atoms with E-state index in [4.69, 9.17) is 15.2 Å². The Morgan fingerprint density at radius 3 is 2.05 bits per heavy atom. The van der Waals surface area contributed by atoms with Gasteiger partial charge in [-0.05, 0) is 30.5 Å². The summed E-state index contributed by atoms with van der Waals surface area (Å²) in [5.74, 6) is 0.127. The van der Waals surface area contributed by atoms with Gasteiger partial charge in [-0.3, -0.25) is 4.79 Å². The summed E-state index contributed by atoms with van der Waals surface area (Å²) in [4.78, 5) is 11.7. The molecule has 1 aromatic carbocycles. The first-order valence-electron chi connectivity index (χ1n) is 6.30. The molecule has 0 aliphatic heterocycles. The molecule has 0 bridgehead atoms. The van der Waals surface area contributed by atoms with Gasteiger partial charge in [0.25, 0.3) is 0 Å². The molecule has 2 rings (SSSR count). The van der Waals surface area contributed by atoms with Crippen LogP contribution in [0.1, 0.15) is 31.2 Å². The fraction of sp³-hybridized carbons (Fsp3) is 0.500. The topological polar surface area (TPSA) is 81.8 Å². The number of nitrogen functional groups attached to an aromatic ring is 1. The zero-order valence-corrected chi connectivity index (χ0v) is 11.2. The summed E-state index contributed by atoms with van der Waals surface area (Å²) in [7, 11) is 3.02. The van der Waals surface area contributed by atoms with Crippen LogP contribution in [-0.4, -0.2) is 25.3 Å². The normalized spacial score (nSPS) is 17.2. The van der Waals surface area contributed by atoms with E-state index < -0.39 is 11.4 Å². The largest absolute Gasteiger partial charge is 0.494 e. The standard InChI is InChI=1S/C14H19NO4/c1-18-10-7-9(8-11(19-2)12(10)15)14(13(16)17)5-3-4-6-14/h7-8H,3-6,15H2,1-2H3,(H,16,17). The second kappa shape index (κ2) is 4.99. The third kappa shape index (κ3) is 2.09. The molecule has 5 nitrogen and oxygen atoms in total. The number of anilines is 1. The minimum absolute atomic E-state index is 0.396. The smallest absolute Gasteiger partial charge is 0.314 e. The van der Waals surface area contributed by atoms with Gasteiger partial charge in [-0.2, -0.15) is 0 Å². The Morgan fingerprint density at radius 2 is 1.68 bits per heavy atom. The molecule has 0 spiro atoms. The van der Waals surface area contributed by atoms with Gasteiger partial charge in [0.15, 0.2) is 0 Å². The van der Waals surface area contributed by atoms with Crippen LogP contribution in [-0.2, 0) is 10.2 Å². The van der Waals surface area contributed by atoms with Crippen LogP contribution in [0.15, 0.2) is 12.1 Å². The molecule has 0 amide bonds. The van der Waals surface area contributed by atoms with Crippen molar-refractivity contribution in [2.45, 2.75) is 31.1 Å². The third-order valence-electron chi connectivity index (χ3n) is 3.96. The van der Waals surface area contributed by atoms with E-state index in [1.54, 1.807) is 12.1 Å². The Labute approximate surface area is 112 Å². The van der Waals surface area contributed by atoms with Crippen molar-refractivity contribution in [3.8, 4) is 11.5 Å². The van der Waals surface area contributed by atoms with Crippen LogP contribution in [0.5, 0.6) is 11.5 Å². The molecule has 1 fully saturated rings. The molecule has 1 saturated carbocycles. The van der Waals surface area contributed by atoms with Crippen LogP contribution in [0.4, 0.5) is 5.69 Å². The van der Waals surface area contributed by atoms with Gasteiger partial charge in [-0.15, -0.1) is 0 Å². The Bertz CT molecular complexity index is 467. The highest BCUT2D eigenvalue weighted by Gasteiger charge is 2.43. The van der Waals surface area contributed by atoms with Crippen LogP contribution in [0.25, 0.3) is 0 Å². The average molecular weight is 265 g/mol. The van der Waals surface area contributed by atoms with E-state index in [-0.39, 0.29) is 0 Å². The predicted octanol–water partition coefficient (Wildman–Crippen LogP) is 2.18. The third-order valence-corrected chi connectivity index (χ3v) is 3.96. The van der Waals surface area contributed by atoms with E-state index in [1.807, 2.05) is 0 Å². The lowest BCUT2D eigenvalue weighted by molar-refractivity contribution is -0.143. The second-order valence-electron chi connectivity index (χ2n) is 4.89. The van der Waals surface area contributed by atoms with Gasteiger partial charge in [0.05, 0.1) is 19.6 Å². The first-order valence-corrected chi connectivity index (χ1v) is 6.30. The first-order chi connectivity index (χ1) is 9.05. The highest BCUT2D eigenvalue weighted by Crippen LogP contribution is 2.45. The number of nitrogens with two attached hydrogens (primary N) is 1. The van der Waals surface area contributed by atoms with E-state index in [9.17, 15) is 9.90 Å². The van der Waals surface area contributed by atoms with Crippen LogP contribution in [0.3, 0.4) is 0 Å². The summed E-state index contributed by atoms with van der Waals surface area (Å²) in [6, 6.07) is 3.44. The number of methoxy groups -OCH3 is 2. The van der Waals surface area contributed by atoms with Gasteiger partial charge >= 0.3 is 5.97 Å². The molecule has 3 N–H and O–H groups in total. The molecule has 0 saturated heterocycles. The molecule has 0 unspecified atom stereocenters. The lowest BCUT2D eigenvalue weighted by atomic mass is 9.78. The zero-order valence-electron chi connectivity index (χ0n) is 11.2. The molecular formula is C14H19NO4. The van der Waals surface area contributed by atoms with E-state index in [0.717, 1.165) is 12.8 Å². The monoisotopic (exact) mass is 265 g/mol. The molecular weight excluding hydrogens is 246 g/mol. The molecule has 5 heteroatoms. The predicted molar refractivity (Wildman–Crippen MR) is 71.7 cm³/mol. The number of carboxylic acids is 1. The van der Waals surface area contributed by atoms with Crippen molar-refractivity contribution in [1.82, 2.24) is 0 Å². The Kier molecular flexibility index (Phi) is 3.55. The molecule has 19 heavy (non-hydrogen) atoms. The average Bonchev–Trinajstić information content (AvgIpc) is 2.89. The van der Waals surface area contributed by atoms with Crippen molar-refractivity contribution >= 4 is 11.7 Å². The number of benzene rings is 1. The minimum atomic E-state index is -0.839. The molecule has 0 aromatic heterocycles. The molecule has 1 aliphatic rings. The number of carbonyl (C=O) groups is 1. The van der Waals surface area contributed by atoms with Crippen molar-refractivity contribution in [1.29, 1.82) is 0 Å². The highest BCUT2D eigenvalue weighted by molar-refractivity contribution is 5.83. The van der Waals surface area contributed by atoms with Gasteiger partial charge in [0.1, 0.15) is 17.2 Å². The first kappa shape index (κ1) is 13.5. The molecule has 0 heterocycles. The summed E-state index contributed by atoms with van der Waals surface area (Å²) in [6.45, 7) is 0. The lowest BCUT2D eigenvalue weighted by Crippen LogP contribution is -2.32. The Morgan fingerprint density at radius 1 is 1.21 bits per heavy atom. The van der Waals surface area contributed by atoms with Gasteiger partial charge in [-0.1, -0.05) is 12.8 Å². The fourth-order valence-electron chi connectivity index (χ4n) is 2.82. The summed E-state index contributed by atoms with van der Waals surface area (Å²) in [6.07, 6.45) is 3.11. The van der Waals surface area contributed by atoms with Crippen LogP contribution in [0.2, 0.25) is 0 Å². The summed E-state index contributed by atoms with van der Waals surface area (Å²) in [5.41, 5.74) is 6.16. The second-order valence-corrected chi connectivity index (χ2v) is 4.89. The SMILES string of the molecule is COc1cc(C2(C(=O)O)CCCC2)cc(OC)c1N. The van der Waals surface area contributed by atoms with Crippen LogP contribution in [0, 0.1) is 0 Å². The number of hydrogen-bond donors (Lipinski definition) is 2. The maximum absolute atomic E-state index is 11.7. The van der Waals surface area contributed by atoms with Crippen molar-refractivity contribution < 1.29 is 19.4 Å². The molecule has 0 radical (unpaired) electrons. The molecule has 0 atom stereocenters. The lowest BCUT2D eigenvalue weighted by Gasteiger charge is -2.26. The Balaban J connectivity index is 2.58. The number of hydrogen-bond acceptors (Lipinski definition) is 4. The van der Waals surface area contributed by atoms with Crippen molar-refractivity contribution in [2.75, 3.05) is 20.0 Å².